The van der Waals surface area contributed by atoms with E-state index in [1.54, 1.807) is 5.32 Å². The molecule has 0 bridgehead atoms. The quantitative estimate of drug-likeness (QED) is 0.785. The number of carbonyl (C=O) groups excluding carboxylic acids is 1. The minimum Gasteiger partial charge on any atom is -0.481 e. The van der Waals surface area contributed by atoms with Crippen LogP contribution in [0.1, 0.15) is 25.7 Å². The third-order valence-corrected chi connectivity index (χ3v) is 3.29. The summed E-state index contributed by atoms with van der Waals surface area (Å²) in [5, 5.41) is 10.5. The van der Waals surface area contributed by atoms with E-state index in [2.05, 4.69) is 0 Å². The number of rotatable bonds is 3. The Morgan fingerprint density at radius 2 is 1.57 bits per heavy atom. The van der Waals surface area contributed by atoms with Crippen LogP contribution in [0.2, 0.25) is 0 Å². The predicted molar refractivity (Wildman–Crippen MR) is 57.1 cm³/mol. The number of carbonyl (C=O) groups is 2. The van der Waals surface area contributed by atoms with Crippen molar-refractivity contribution in [1.29, 1.82) is 0 Å². The van der Waals surface area contributed by atoms with Gasteiger partial charge >= 0.3 is 18.3 Å². The van der Waals surface area contributed by atoms with Crippen LogP contribution >= 0.6 is 0 Å². The van der Waals surface area contributed by atoms with E-state index in [1.807, 2.05) is 0 Å². The van der Waals surface area contributed by atoms with Gasteiger partial charge in [0.1, 0.15) is 0 Å². The molecule has 21 heavy (non-hydrogen) atoms. The average molecular weight is 321 g/mol. The highest BCUT2D eigenvalue weighted by Gasteiger charge is 2.61. The molecule has 10 heteroatoms. The normalized spacial score (nSPS) is 24.0. The first kappa shape index (κ1) is 17.6. The summed E-state index contributed by atoms with van der Waals surface area (Å²) in [5.41, 5.74) is 0. The van der Waals surface area contributed by atoms with E-state index in [4.69, 9.17) is 5.11 Å². The molecule has 2 unspecified atom stereocenters. The molecule has 4 nitrogen and oxygen atoms in total. The molecule has 1 rings (SSSR count). The second-order valence-electron chi connectivity index (χ2n) is 4.92. The molecule has 0 aromatic heterocycles. The van der Waals surface area contributed by atoms with Crippen molar-refractivity contribution >= 4 is 11.9 Å². The van der Waals surface area contributed by atoms with Crippen LogP contribution in [0.3, 0.4) is 0 Å². The zero-order chi connectivity index (χ0) is 16.4. The fourth-order valence-electron chi connectivity index (χ4n) is 2.31. The fraction of sp³-hybridized carbons (Fsp3) is 0.818. The van der Waals surface area contributed by atoms with Crippen molar-refractivity contribution in [3.05, 3.63) is 0 Å². The van der Waals surface area contributed by atoms with E-state index in [-0.39, 0.29) is 19.3 Å². The molecular formula is C11H13F6NO3. The molecule has 1 saturated carbocycles. The van der Waals surface area contributed by atoms with Gasteiger partial charge in [0.05, 0.1) is 5.92 Å². The predicted octanol–water partition coefficient (Wildman–Crippen LogP) is 2.49. The van der Waals surface area contributed by atoms with Gasteiger partial charge in [0, 0.05) is 6.04 Å². The lowest BCUT2D eigenvalue weighted by molar-refractivity contribution is -0.274. The van der Waals surface area contributed by atoms with E-state index in [0.29, 0.717) is 6.42 Å². The lowest BCUT2D eigenvalue weighted by Crippen LogP contribution is -2.51. The van der Waals surface area contributed by atoms with Gasteiger partial charge in [-0.05, 0) is 19.3 Å². The van der Waals surface area contributed by atoms with Gasteiger partial charge in [-0.2, -0.15) is 26.3 Å². The summed E-state index contributed by atoms with van der Waals surface area (Å²) in [5.74, 6) is -8.35. The van der Waals surface area contributed by atoms with Gasteiger partial charge in [0.15, 0.2) is 0 Å². The van der Waals surface area contributed by atoms with E-state index in [1.165, 1.54) is 0 Å². The van der Waals surface area contributed by atoms with E-state index in [0.717, 1.165) is 0 Å². The highest BCUT2D eigenvalue weighted by molar-refractivity contribution is 5.80. The molecule has 2 atom stereocenters. The Labute approximate surface area is 115 Å². The van der Waals surface area contributed by atoms with Crippen LogP contribution in [-0.4, -0.2) is 35.4 Å². The Hall–Kier alpha value is -1.48. The van der Waals surface area contributed by atoms with Crippen LogP contribution in [0.5, 0.6) is 0 Å². The molecular weight excluding hydrogens is 308 g/mol. The van der Waals surface area contributed by atoms with E-state index >= 15 is 0 Å². The topological polar surface area (TPSA) is 66.4 Å². The first-order valence-electron chi connectivity index (χ1n) is 6.09. The number of amides is 1. The molecule has 122 valence electrons. The Morgan fingerprint density at radius 1 is 1.05 bits per heavy atom. The maximum Gasteiger partial charge on any atom is 0.409 e. The summed E-state index contributed by atoms with van der Waals surface area (Å²) in [6.07, 6.45) is -10.9. The zero-order valence-corrected chi connectivity index (χ0v) is 10.6. The number of aliphatic carboxylic acids is 1. The summed E-state index contributed by atoms with van der Waals surface area (Å²) in [4.78, 5) is 22.0. The van der Waals surface area contributed by atoms with E-state index in [9.17, 15) is 35.9 Å². The average Bonchev–Trinajstić information content (AvgIpc) is 2.24. The van der Waals surface area contributed by atoms with Gasteiger partial charge < -0.3 is 10.4 Å². The number of carboxylic acid groups (broad SMARTS) is 1. The van der Waals surface area contributed by atoms with Crippen LogP contribution in [0.25, 0.3) is 0 Å². The highest BCUT2D eigenvalue weighted by Crippen LogP contribution is 2.39. The smallest absolute Gasteiger partial charge is 0.409 e. The molecule has 0 heterocycles. The van der Waals surface area contributed by atoms with Crippen LogP contribution in [-0.2, 0) is 9.59 Å². The Balaban J connectivity index is 2.76. The van der Waals surface area contributed by atoms with Crippen LogP contribution < -0.4 is 5.32 Å². The summed E-state index contributed by atoms with van der Waals surface area (Å²) in [6.45, 7) is 0. The molecule has 1 fully saturated rings. The Bertz CT molecular complexity index is 392. The largest absolute Gasteiger partial charge is 0.481 e. The lowest BCUT2D eigenvalue weighted by atomic mass is 9.85. The third-order valence-electron chi connectivity index (χ3n) is 3.29. The summed E-state index contributed by atoms with van der Waals surface area (Å²) in [6, 6.07) is -1.00. The second kappa shape index (κ2) is 6.10. The molecule has 1 amide bonds. The molecule has 0 aliphatic heterocycles. The molecule has 0 saturated heterocycles. The van der Waals surface area contributed by atoms with Crippen molar-refractivity contribution in [2.75, 3.05) is 0 Å². The molecule has 0 aromatic carbocycles. The van der Waals surface area contributed by atoms with Crippen molar-refractivity contribution in [1.82, 2.24) is 5.32 Å². The van der Waals surface area contributed by atoms with Crippen molar-refractivity contribution in [3.8, 4) is 0 Å². The van der Waals surface area contributed by atoms with Gasteiger partial charge in [0.25, 0.3) is 0 Å². The summed E-state index contributed by atoms with van der Waals surface area (Å²) >= 11 is 0. The number of halogens is 6. The summed E-state index contributed by atoms with van der Waals surface area (Å²) < 4.78 is 74.1. The Kier molecular flexibility index (Phi) is 5.11. The number of hydrogen-bond acceptors (Lipinski definition) is 2. The minimum atomic E-state index is -5.75. The van der Waals surface area contributed by atoms with Gasteiger partial charge in [-0.15, -0.1) is 0 Å². The van der Waals surface area contributed by atoms with Crippen molar-refractivity contribution in [2.24, 2.45) is 11.8 Å². The maximum absolute atomic E-state index is 12.4. The molecule has 0 spiro atoms. The fourth-order valence-corrected chi connectivity index (χ4v) is 2.31. The zero-order valence-electron chi connectivity index (χ0n) is 10.6. The lowest BCUT2D eigenvalue weighted by Gasteiger charge is -2.30. The van der Waals surface area contributed by atoms with Crippen molar-refractivity contribution in [2.45, 2.75) is 44.1 Å². The van der Waals surface area contributed by atoms with Crippen molar-refractivity contribution < 1.29 is 41.0 Å². The van der Waals surface area contributed by atoms with Crippen LogP contribution in [0, 0.1) is 11.8 Å². The first-order chi connectivity index (χ1) is 9.43. The SMILES string of the molecule is O=C(O)C1CCCC(NC(=O)C(C(F)(F)F)C(F)(F)F)C1. The third kappa shape index (κ3) is 4.78. The minimum absolute atomic E-state index is 0.151. The van der Waals surface area contributed by atoms with E-state index < -0.39 is 42.1 Å². The number of nitrogens with one attached hydrogen (secondary N) is 1. The first-order valence-corrected chi connectivity index (χ1v) is 6.09. The molecule has 0 aromatic rings. The molecule has 1 aliphatic carbocycles. The van der Waals surface area contributed by atoms with Crippen LogP contribution in [0.4, 0.5) is 26.3 Å². The highest BCUT2D eigenvalue weighted by atomic mass is 19.4. The van der Waals surface area contributed by atoms with Gasteiger partial charge in [-0.25, -0.2) is 0 Å². The molecule has 0 radical (unpaired) electrons. The number of carboxylic acids is 1. The Morgan fingerprint density at radius 3 is 2.00 bits per heavy atom. The van der Waals surface area contributed by atoms with Gasteiger partial charge in [0.2, 0.25) is 11.8 Å². The monoisotopic (exact) mass is 321 g/mol. The summed E-state index contributed by atoms with van der Waals surface area (Å²) in [7, 11) is 0. The van der Waals surface area contributed by atoms with Gasteiger partial charge in [-0.3, -0.25) is 9.59 Å². The molecule has 1 aliphatic rings. The molecule has 2 N–H and O–H groups in total. The van der Waals surface area contributed by atoms with Gasteiger partial charge in [-0.1, -0.05) is 6.42 Å². The number of alkyl halides is 6. The van der Waals surface area contributed by atoms with Crippen LogP contribution in [0.15, 0.2) is 0 Å². The van der Waals surface area contributed by atoms with Crippen molar-refractivity contribution in [3.63, 3.8) is 0 Å². The number of hydrogen-bond donors (Lipinski definition) is 2. The second-order valence-corrected chi connectivity index (χ2v) is 4.92. The maximum atomic E-state index is 12.4. The standard InChI is InChI=1S/C11H13F6NO3/c12-10(13,14)7(11(15,16)17)8(19)18-6-3-1-2-5(4-6)9(20)21/h5-7H,1-4H2,(H,18,19)(H,20,21).